The quantitative estimate of drug-likeness (QED) is 0.825. The average Bonchev–Trinajstić information content (AvgIpc) is 2.46. The van der Waals surface area contributed by atoms with Crippen LogP contribution in [0.5, 0.6) is 5.75 Å². The average molecular weight is 328 g/mol. The highest BCUT2D eigenvalue weighted by Gasteiger charge is 2.34. The number of hydrogen-bond donors (Lipinski definition) is 2. The summed E-state index contributed by atoms with van der Waals surface area (Å²) in [5.74, 6) is -0.0213. The molecule has 0 radical (unpaired) electrons. The van der Waals surface area contributed by atoms with Crippen molar-refractivity contribution in [1.29, 1.82) is 0 Å². The summed E-state index contributed by atoms with van der Waals surface area (Å²) >= 11 is 0. The van der Waals surface area contributed by atoms with E-state index in [2.05, 4.69) is 5.32 Å². The van der Waals surface area contributed by atoms with Crippen molar-refractivity contribution < 1.29 is 13.9 Å². The molecule has 2 aromatic carbocycles. The lowest BCUT2D eigenvalue weighted by Gasteiger charge is -2.38. The molecule has 0 bridgehead atoms. The Morgan fingerprint density at radius 3 is 2.75 bits per heavy atom. The van der Waals surface area contributed by atoms with Gasteiger partial charge in [-0.3, -0.25) is 4.79 Å². The van der Waals surface area contributed by atoms with Crippen LogP contribution in [-0.4, -0.2) is 11.5 Å². The lowest BCUT2D eigenvalue weighted by molar-refractivity contribution is 0.0620. The molecule has 0 spiro atoms. The number of aryl methyl sites for hydroxylation is 1. The zero-order valence-electron chi connectivity index (χ0n) is 14.0. The Labute approximate surface area is 140 Å². The molecule has 1 amide bonds. The highest BCUT2D eigenvalue weighted by molar-refractivity contribution is 5.94. The van der Waals surface area contributed by atoms with Crippen molar-refractivity contribution >= 4 is 11.6 Å². The number of rotatable bonds is 2. The maximum absolute atomic E-state index is 13.6. The molecule has 0 fully saturated rings. The Balaban J connectivity index is 1.91. The third kappa shape index (κ3) is 3.35. The first-order valence-electron chi connectivity index (χ1n) is 7.90. The van der Waals surface area contributed by atoms with Crippen LogP contribution >= 0.6 is 0 Å². The number of amides is 1. The van der Waals surface area contributed by atoms with Crippen LogP contribution in [0.2, 0.25) is 0 Å². The zero-order chi connectivity index (χ0) is 17.5. The van der Waals surface area contributed by atoms with Crippen LogP contribution < -0.4 is 15.8 Å². The molecule has 5 heteroatoms. The second-order valence-electron chi connectivity index (χ2n) is 6.91. The topological polar surface area (TPSA) is 64.3 Å². The summed E-state index contributed by atoms with van der Waals surface area (Å²) in [5, 5.41) is 2.99. The van der Waals surface area contributed by atoms with E-state index in [0.29, 0.717) is 29.0 Å². The smallest absolute Gasteiger partial charge is 0.251 e. The van der Waals surface area contributed by atoms with E-state index >= 15 is 0 Å². The maximum Gasteiger partial charge on any atom is 0.251 e. The monoisotopic (exact) mass is 328 g/mol. The molecule has 3 N–H and O–H groups in total. The fourth-order valence-electron chi connectivity index (χ4n) is 3.11. The van der Waals surface area contributed by atoms with Crippen molar-refractivity contribution in [2.24, 2.45) is 0 Å². The normalized spacial score (nSPS) is 18.4. The minimum Gasteiger partial charge on any atom is -0.487 e. The minimum absolute atomic E-state index is 0.247. The third-order valence-electron chi connectivity index (χ3n) is 4.10. The lowest BCUT2D eigenvalue weighted by Crippen LogP contribution is -2.41. The van der Waals surface area contributed by atoms with Gasteiger partial charge in [0.05, 0.1) is 6.04 Å². The van der Waals surface area contributed by atoms with E-state index in [9.17, 15) is 9.18 Å². The molecule has 2 aromatic rings. The molecule has 0 saturated carbocycles. The van der Waals surface area contributed by atoms with E-state index in [1.165, 1.54) is 12.1 Å². The Morgan fingerprint density at radius 1 is 1.29 bits per heavy atom. The molecule has 0 aromatic heterocycles. The SMILES string of the molecule is Cc1cc(F)cc(C(=O)NC2CC(C)(C)Oc3ccc(N)cc32)c1. The van der Waals surface area contributed by atoms with Gasteiger partial charge in [-0.15, -0.1) is 0 Å². The van der Waals surface area contributed by atoms with Gasteiger partial charge in [-0.05, 0) is 62.7 Å². The van der Waals surface area contributed by atoms with Gasteiger partial charge in [0, 0.05) is 23.2 Å². The number of nitrogens with two attached hydrogens (primary N) is 1. The fraction of sp³-hybridized carbons (Fsp3) is 0.316. The van der Waals surface area contributed by atoms with E-state index in [1.54, 1.807) is 19.1 Å². The van der Waals surface area contributed by atoms with Crippen LogP contribution in [0.25, 0.3) is 0 Å². The molecular weight excluding hydrogens is 307 g/mol. The van der Waals surface area contributed by atoms with Crippen molar-refractivity contribution in [3.63, 3.8) is 0 Å². The predicted molar refractivity (Wildman–Crippen MR) is 91.5 cm³/mol. The predicted octanol–water partition coefficient (Wildman–Crippen LogP) is 3.75. The van der Waals surface area contributed by atoms with Crippen LogP contribution in [0, 0.1) is 12.7 Å². The van der Waals surface area contributed by atoms with E-state index in [1.807, 2.05) is 26.0 Å². The van der Waals surface area contributed by atoms with Gasteiger partial charge >= 0.3 is 0 Å². The minimum atomic E-state index is -0.419. The number of carbonyl (C=O) groups is 1. The van der Waals surface area contributed by atoms with Crippen LogP contribution in [0.3, 0.4) is 0 Å². The van der Waals surface area contributed by atoms with Gasteiger partial charge in [0.15, 0.2) is 0 Å². The number of hydrogen-bond acceptors (Lipinski definition) is 3. The molecule has 1 aliphatic heterocycles. The second-order valence-corrected chi connectivity index (χ2v) is 6.91. The van der Waals surface area contributed by atoms with Crippen molar-refractivity contribution in [3.8, 4) is 5.75 Å². The van der Waals surface area contributed by atoms with Crippen LogP contribution in [0.15, 0.2) is 36.4 Å². The summed E-state index contributed by atoms with van der Waals surface area (Å²) in [4.78, 5) is 12.6. The van der Waals surface area contributed by atoms with Crippen molar-refractivity contribution in [3.05, 3.63) is 58.9 Å². The Bertz CT molecular complexity index is 782. The summed E-state index contributed by atoms with van der Waals surface area (Å²) in [6, 6.07) is 9.46. The Kier molecular flexibility index (Phi) is 3.95. The summed E-state index contributed by atoms with van der Waals surface area (Å²) in [5.41, 5.74) is 7.92. The van der Waals surface area contributed by atoms with Gasteiger partial charge in [0.25, 0.3) is 5.91 Å². The van der Waals surface area contributed by atoms with Gasteiger partial charge in [-0.25, -0.2) is 4.39 Å². The molecule has 1 unspecified atom stereocenters. The first kappa shape index (κ1) is 16.3. The van der Waals surface area contributed by atoms with Gasteiger partial charge in [0.1, 0.15) is 17.2 Å². The van der Waals surface area contributed by atoms with Gasteiger partial charge in [-0.2, -0.15) is 0 Å². The van der Waals surface area contributed by atoms with Crippen molar-refractivity contribution in [1.82, 2.24) is 5.32 Å². The lowest BCUT2D eigenvalue weighted by atomic mass is 9.89. The Morgan fingerprint density at radius 2 is 2.04 bits per heavy atom. The summed E-state index contributed by atoms with van der Waals surface area (Å²) in [7, 11) is 0. The third-order valence-corrected chi connectivity index (χ3v) is 4.10. The Hall–Kier alpha value is -2.56. The number of benzene rings is 2. The molecule has 4 nitrogen and oxygen atoms in total. The standard InChI is InChI=1S/C19H21FN2O2/c1-11-6-12(8-13(20)7-11)18(23)22-16-10-19(2,3)24-17-5-4-14(21)9-15(16)17/h4-9,16H,10,21H2,1-3H3,(H,22,23). The van der Waals surface area contributed by atoms with E-state index < -0.39 is 11.4 Å². The van der Waals surface area contributed by atoms with E-state index in [0.717, 1.165) is 5.56 Å². The number of fused-ring (bicyclic) bond motifs is 1. The number of ether oxygens (including phenoxy) is 1. The van der Waals surface area contributed by atoms with Crippen LogP contribution in [0.4, 0.5) is 10.1 Å². The van der Waals surface area contributed by atoms with Crippen molar-refractivity contribution in [2.75, 3.05) is 5.73 Å². The first-order valence-corrected chi connectivity index (χ1v) is 7.90. The zero-order valence-corrected chi connectivity index (χ0v) is 14.0. The van der Waals surface area contributed by atoms with Crippen LogP contribution in [0.1, 0.15) is 47.8 Å². The highest BCUT2D eigenvalue weighted by Crippen LogP contribution is 2.40. The molecule has 0 aliphatic carbocycles. The summed E-state index contributed by atoms with van der Waals surface area (Å²) < 4.78 is 19.5. The molecule has 24 heavy (non-hydrogen) atoms. The number of nitrogens with one attached hydrogen (secondary N) is 1. The maximum atomic E-state index is 13.6. The van der Waals surface area contributed by atoms with Gasteiger partial charge in [-0.1, -0.05) is 0 Å². The molecule has 0 saturated heterocycles. The second kappa shape index (κ2) is 5.82. The van der Waals surface area contributed by atoms with E-state index in [-0.39, 0.29) is 11.9 Å². The van der Waals surface area contributed by atoms with Gasteiger partial charge < -0.3 is 15.8 Å². The number of nitrogen functional groups attached to an aromatic ring is 1. The summed E-state index contributed by atoms with van der Waals surface area (Å²) in [6.45, 7) is 5.70. The molecule has 3 rings (SSSR count). The summed E-state index contributed by atoms with van der Waals surface area (Å²) in [6.07, 6.45) is 0.601. The largest absolute Gasteiger partial charge is 0.487 e. The first-order chi connectivity index (χ1) is 11.2. The number of anilines is 1. The van der Waals surface area contributed by atoms with Crippen LogP contribution in [-0.2, 0) is 0 Å². The number of halogens is 1. The molecular formula is C19H21FN2O2. The fourth-order valence-corrected chi connectivity index (χ4v) is 3.11. The van der Waals surface area contributed by atoms with E-state index in [4.69, 9.17) is 10.5 Å². The molecule has 1 atom stereocenters. The molecule has 1 heterocycles. The highest BCUT2D eigenvalue weighted by atomic mass is 19.1. The van der Waals surface area contributed by atoms with Crippen molar-refractivity contribution in [2.45, 2.75) is 38.8 Å². The molecule has 126 valence electrons. The van der Waals surface area contributed by atoms with Gasteiger partial charge in [0.2, 0.25) is 0 Å². The number of carbonyl (C=O) groups excluding carboxylic acids is 1. The molecule has 1 aliphatic rings.